The van der Waals surface area contributed by atoms with Crippen molar-refractivity contribution >= 4 is 0 Å². The van der Waals surface area contributed by atoms with E-state index in [1.165, 1.54) is 11.1 Å². The second kappa shape index (κ2) is 7.45. The van der Waals surface area contributed by atoms with Gasteiger partial charge in [0.1, 0.15) is 11.5 Å². The fourth-order valence-electron chi connectivity index (χ4n) is 3.50. The Morgan fingerprint density at radius 3 is 1.81 bits per heavy atom. The Labute approximate surface area is 154 Å². The van der Waals surface area contributed by atoms with Crippen LogP contribution in [-0.4, -0.2) is 0 Å². The van der Waals surface area contributed by atoms with Crippen molar-refractivity contribution in [2.75, 3.05) is 0 Å². The summed E-state index contributed by atoms with van der Waals surface area (Å²) in [6.45, 7) is 2.21. The fraction of sp³-hybridized carbons (Fsp3) is 0.120. The molecule has 26 heavy (non-hydrogen) atoms. The molecule has 0 fully saturated rings. The molecule has 4 aromatic rings. The molecule has 0 bridgehead atoms. The van der Waals surface area contributed by atoms with Crippen LogP contribution in [0.25, 0.3) is 22.5 Å². The molecular formula is C25H22O. The van der Waals surface area contributed by atoms with E-state index < -0.39 is 0 Å². The maximum Gasteiger partial charge on any atom is 0.142 e. The zero-order valence-electron chi connectivity index (χ0n) is 14.9. The number of hydrogen-bond acceptors (Lipinski definition) is 1. The molecule has 1 atom stereocenters. The molecule has 128 valence electrons. The van der Waals surface area contributed by atoms with E-state index in [-0.39, 0.29) is 5.92 Å². The van der Waals surface area contributed by atoms with Gasteiger partial charge in [0.2, 0.25) is 0 Å². The van der Waals surface area contributed by atoms with Gasteiger partial charge in [0, 0.05) is 17.0 Å². The van der Waals surface area contributed by atoms with Gasteiger partial charge < -0.3 is 4.42 Å². The van der Waals surface area contributed by atoms with Crippen molar-refractivity contribution in [3.8, 4) is 22.5 Å². The minimum absolute atomic E-state index is 0.260. The summed E-state index contributed by atoms with van der Waals surface area (Å²) in [6.07, 6.45) is 1.000. The molecule has 0 N–H and O–H groups in total. The summed E-state index contributed by atoms with van der Waals surface area (Å²) in [5.41, 5.74) is 4.74. The van der Waals surface area contributed by atoms with E-state index >= 15 is 0 Å². The molecule has 0 amide bonds. The molecule has 4 rings (SSSR count). The molecule has 1 heterocycles. The molecule has 1 nitrogen and oxygen atoms in total. The first kappa shape index (κ1) is 16.4. The zero-order chi connectivity index (χ0) is 17.8. The van der Waals surface area contributed by atoms with Crippen LogP contribution in [0.1, 0.15) is 30.6 Å². The molecule has 0 aliphatic carbocycles. The van der Waals surface area contributed by atoms with Crippen LogP contribution in [0, 0.1) is 0 Å². The third-order valence-electron chi connectivity index (χ3n) is 4.83. The van der Waals surface area contributed by atoms with Crippen molar-refractivity contribution in [1.29, 1.82) is 0 Å². The molecule has 1 heteroatoms. The molecule has 0 saturated heterocycles. The van der Waals surface area contributed by atoms with Gasteiger partial charge >= 0.3 is 0 Å². The average molecular weight is 338 g/mol. The minimum Gasteiger partial charge on any atom is -0.460 e. The van der Waals surface area contributed by atoms with Crippen LogP contribution in [0.3, 0.4) is 0 Å². The third-order valence-corrected chi connectivity index (χ3v) is 4.83. The predicted molar refractivity (Wildman–Crippen MR) is 108 cm³/mol. The summed E-state index contributed by atoms with van der Waals surface area (Å²) in [4.78, 5) is 0. The molecule has 0 aliphatic heterocycles. The van der Waals surface area contributed by atoms with Crippen molar-refractivity contribution < 1.29 is 4.42 Å². The Morgan fingerprint density at radius 1 is 0.692 bits per heavy atom. The highest BCUT2D eigenvalue weighted by atomic mass is 16.3. The Kier molecular flexibility index (Phi) is 4.70. The summed E-state index contributed by atoms with van der Waals surface area (Å²) < 4.78 is 6.46. The van der Waals surface area contributed by atoms with Crippen LogP contribution in [0.2, 0.25) is 0 Å². The molecule has 3 aromatic carbocycles. The number of benzene rings is 3. The minimum atomic E-state index is 0.260. The lowest BCUT2D eigenvalue weighted by molar-refractivity contribution is 0.492. The Balaban J connectivity index is 1.86. The SMILES string of the molecule is CCC(c1ccccc1)c1cc(-c2ccccc2)c(-c2ccccc2)o1. The first-order valence-electron chi connectivity index (χ1n) is 9.16. The second-order valence-electron chi connectivity index (χ2n) is 6.50. The van der Waals surface area contributed by atoms with Gasteiger partial charge in [-0.15, -0.1) is 0 Å². The monoisotopic (exact) mass is 338 g/mol. The maximum atomic E-state index is 6.46. The smallest absolute Gasteiger partial charge is 0.142 e. The van der Waals surface area contributed by atoms with Crippen molar-refractivity contribution in [3.63, 3.8) is 0 Å². The standard InChI is InChI=1S/C25H22O/c1-2-22(19-12-6-3-7-13-19)24-18-23(20-14-8-4-9-15-20)25(26-24)21-16-10-5-11-17-21/h3-18,22H,2H2,1H3. The summed E-state index contributed by atoms with van der Waals surface area (Å²) in [7, 11) is 0. The van der Waals surface area contributed by atoms with Crippen molar-refractivity contribution in [3.05, 3.63) is 108 Å². The quantitative estimate of drug-likeness (QED) is 0.376. The van der Waals surface area contributed by atoms with E-state index in [0.29, 0.717) is 0 Å². The highest BCUT2D eigenvalue weighted by Crippen LogP contribution is 2.39. The number of furan rings is 1. The van der Waals surface area contributed by atoms with Crippen LogP contribution >= 0.6 is 0 Å². The number of hydrogen-bond donors (Lipinski definition) is 0. The first-order chi connectivity index (χ1) is 12.9. The fourth-order valence-corrected chi connectivity index (χ4v) is 3.50. The second-order valence-corrected chi connectivity index (χ2v) is 6.50. The lowest BCUT2D eigenvalue weighted by atomic mass is 9.93. The molecular weight excluding hydrogens is 316 g/mol. The van der Waals surface area contributed by atoms with Gasteiger partial charge in [-0.25, -0.2) is 0 Å². The Hall–Kier alpha value is -3.06. The van der Waals surface area contributed by atoms with Crippen LogP contribution in [-0.2, 0) is 0 Å². The van der Waals surface area contributed by atoms with Crippen LogP contribution < -0.4 is 0 Å². The van der Waals surface area contributed by atoms with Crippen molar-refractivity contribution in [1.82, 2.24) is 0 Å². The van der Waals surface area contributed by atoms with E-state index in [1.807, 2.05) is 12.1 Å². The Bertz CT molecular complexity index is 896. The third kappa shape index (κ3) is 3.21. The highest BCUT2D eigenvalue weighted by molar-refractivity contribution is 5.80. The lowest BCUT2D eigenvalue weighted by Gasteiger charge is -2.12. The maximum absolute atomic E-state index is 6.46. The van der Waals surface area contributed by atoms with Gasteiger partial charge in [-0.1, -0.05) is 97.9 Å². The van der Waals surface area contributed by atoms with E-state index in [2.05, 4.69) is 91.9 Å². The largest absolute Gasteiger partial charge is 0.460 e. The topological polar surface area (TPSA) is 13.1 Å². The van der Waals surface area contributed by atoms with Crippen LogP contribution in [0.4, 0.5) is 0 Å². The van der Waals surface area contributed by atoms with Gasteiger partial charge in [-0.2, -0.15) is 0 Å². The van der Waals surface area contributed by atoms with Crippen LogP contribution in [0.5, 0.6) is 0 Å². The zero-order valence-corrected chi connectivity index (χ0v) is 14.9. The highest BCUT2D eigenvalue weighted by Gasteiger charge is 2.21. The normalized spacial score (nSPS) is 12.0. The molecule has 0 saturated carbocycles. The van der Waals surface area contributed by atoms with Gasteiger partial charge in [-0.05, 0) is 23.6 Å². The van der Waals surface area contributed by atoms with Gasteiger partial charge in [0.25, 0.3) is 0 Å². The van der Waals surface area contributed by atoms with E-state index in [4.69, 9.17) is 4.42 Å². The summed E-state index contributed by atoms with van der Waals surface area (Å²) in [6, 6.07) is 33.7. The summed E-state index contributed by atoms with van der Waals surface area (Å²) in [5.74, 6) is 2.23. The number of rotatable bonds is 5. The van der Waals surface area contributed by atoms with E-state index in [9.17, 15) is 0 Å². The predicted octanol–water partition coefficient (Wildman–Crippen LogP) is 7.16. The first-order valence-corrected chi connectivity index (χ1v) is 9.16. The van der Waals surface area contributed by atoms with Gasteiger partial charge in [-0.3, -0.25) is 0 Å². The summed E-state index contributed by atoms with van der Waals surface area (Å²) >= 11 is 0. The lowest BCUT2D eigenvalue weighted by Crippen LogP contribution is -1.97. The molecule has 0 radical (unpaired) electrons. The van der Waals surface area contributed by atoms with Gasteiger partial charge in [0.15, 0.2) is 0 Å². The molecule has 1 unspecified atom stereocenters. The Morgan fingerprint density at radius 2 is 1.23 bits per heavy atom. The van der Waals surface area contributed by atoms with E-state index in [1.54, 1.807) is 0 Å². The van der Waals surface area contributed by atoms with Gasteiger partial charge in [0.05, 0.1) is 0 Å². The molecule has 0 spiro atoms. The summed E-state index contributed by atoms with van der Waals surface area (Å²) in [5, 5.41) is 0. The molecule has 1 aromatic heterocycles. The van der Waals surface area contributed by atoms with Crippen molar-refractivity contribution in [2.24, 2.45) is 0 Å². The average Bonchev–Trinajstić information content (AvgIpc) is 3.16. The van der Waals surface area contributed by atoms with Crippen molar-refractivity contribution in [2.45, 2.75) is 19.3 Å². The van der Waals surface area contributed by atoms with Crippen LogP contribution in [0.15, 0.2) is 101 Å². The van der Waals surface area contributed by atoms with E-state index in [0.717, 1.165) is 29.1 Å². The molecule has 0 aliphatic rings.